The molecule has 3 N–H and O–H groups in total. The van der Waals surface area contributed by atoms with E-state index in [0.717, 1.165) is 23.8 Å². The first-order chi connectivity index (χ1) is 16.1. The number of Topliss-reactive ketones (excluding diaryl/α,β-unsaturated/α-hetero) is 1. The number of carboxylic acids is 1. The predicted molar refractivity (Wildman–Crippen MR) is 121 cm³/mol. The van der Waals surface area contributed by atoms with Gasteiger partial charge in [-0.15, -0.1) is 23.4 Å². The Kier molecular flexibility index (Phi) is 7.83. The van der Waals surface area contributed by atoms with E-state index in [4.69, 9.17) is 11.6 Å². The largest absolute Gasteiger partial charge is 0.477 e. The number of oxime groups is 1. The number of fused-ring (bicyclic) bond motifs is 1. The number of aromatic nitrogens is 3. The van der Waals surface area contributed by atoms with Crippen LogP contribution in [0.4, 0.5) is 0 Å². The number of amides is 2. The molecule has 0 spiro atoms. The third kappa shape index (κ3) is 4.88. The first-order valence-corrected chi connectivity index (χ1v) is 11.9. The lowest BCUT2D eigenvalue weighted by atomic mass is 10.0. The number of hydrogen-bond donors (Lipinski definition) is 3. The number of hydrogen-bond acceptors (Lipinski definition) is 11. The summed E-state index contributed by atoms with van der Waals surface area (Å²) >= 11 is 7.68. The molecule has 182 valence electrons. The molecule has 2 aliphatic heterocycles. The van der Waals surface area contributed by atoms with Gasteiger partial charge in [-0.3, -0.25) is 38.7 Å². The van der Waals surface area contributed by atoms with E-state index in [1.165, 1.54) is 23.5 Å². The van der Waals surface area contributed by atoms with Crippen molar-refractivity contribution in [2.24, 2.45) is 12.2 Å². The van der Waals surface area contributed by atoms with Gasteiger partial charge in [0.05, 0.1) is 5.88 Å². The number of β-lactam (4-membered cyclic amide) rings is 1. The average molecular weight is 533 g/mol. The van der Waals surface area contributed by atoms with Gasteiger partial charge in [0, 0.05) is 18.6 Å². The number of rotatable bonds is 9. The standard InChI is InChI=1S/C17H17ClN6O8S2/c1-23-17(20-12(27)13(28)21-23)34-5-6-4-33-15-9(14(29)24(15)10(6)16(30)31)19-11(26)8(22-32-2)7(25)3-18/h9,15H,3-5H2,1-2H3,(H,19,26)(H,21,28)(H,30,31)/b22-8-/t9-,15?/m1/s1. The van der Waals surface area contributed by atoms with Crippen molar-refractivity contribution in [1.82, 2.24) is 25.0 Å². The SMILES string of the molecule is CO/N=C(/C(=O)CCl)C(=O)N[C@@H]1C(=O)N2C(C(=O)O)=C(CSc3nc(=O)c(=O)[nH]n3C)CSC12. The molecule has 0 saturated carbocycles. The van der Waals surface area contributed by atoms with Gasteiger partial charge >= 0.3 is 17.1 Å². The number of H-pyrrole nitrogens is 1. The Hall–Kier alpha value is -3.11. The molecule has 1 aromatic rings. The minimum absolute atomic E-state index is 0.0728. The second kappa shape index (κ2) is 10.4. The Morgan fingerprint density at radius 1 is 1.38 bits per heavy atom. The number of thioether (sulfide) groups is 2. The fourth-order valence-corrected chi connectivity index (χ4v) is 5.65. The highest BCUT2D eigenvalue weighted by molar-refractivity contribution is 8.01. The smallest absolute Gasteiger partial charge is 0.352 e. The highest BCUT2D eigenvalue weighted by Gasteiger charge is 2.54. The van der Waals surface area contributed by atoms with Gasteiger partial charge < -0.3 is 15.3 Å². The Labute approximate surface area is 203 Å². The van der Waals surface area contributed by atoms with Gasteiger partial charge in [0.2, 0.25) is 11.5 Å². The Morgan fingerprint density at radius 2 is 2.09 bits per heavy atom. The number of ketones is 1. The summed E-state index contributed by atoms with van der Waals surface area (Å²) in [5.41, 5.74) is -2.35. The van der Waals surface area contributed by atoms with E-state index in [1.54, 1.807) is 0 Å². The predicted octanol–water partition coefficient (Wildman–Crippen LogP) is -1.89. The molecule has 2 aliphatic rings. The molecule has 1 fully saturated rings. The zero-order valence-electron chi connectivity index (χ0n) is 17.6. The van der Waals surface area contributed by atoms with Crippen LogP contribution in [0.15, 0.2) is 31.2 Å². The molecule has 0 bridgehead atoms. The lowest BCUT2D eigenvalue weighted by molar-refractivity contribution is -0.150. The highest BCUT2D eigenvalue weighted by atomic mass is 35.5. The van der Waals surface area contributed by atoms with Crippen LogP contribution < -0.4 is 16.4 Å². The average Bonchev–Trinajstić information content (AvgIpc) is 2.80. The van der Waals surface area contributed by atoms with Gasteiger partial charge in [0.25, 0.3) is 11.8 Å². The monoisotopic (exact) mass is 532 g/mol. The number of carbonyl (C=O) groups excluding carboxylic acids is 3. The number of aryl methyl sites for hydroxylation is 1. The maximum absolute atomic E-state index is 12.7. The van der Waals surface area contributed by atoms with E-state index >= 15 is 0 Å². The van der Waals surface area contributed by atoms with Crippen LogP contribution in [0.2, 0.25) is 0 Å². The van der Waals surface area contributed by atoms with Crippen LogP contribution in [-0.4, -0.2) is 90.0 Å². The third-order valence-electron chi connectivity index (χ3n) is 4.64. The second-order valence-corrected chi connectivity index (χ2v) is 9.10. The summed E-state index contributed by atoms with van der Waals surface area (Å²) < 4.78 is 1.23. The molecule has 14 nitrogen and oxygen atoms in total. The van der Waals surface area contributed by atoms with E-state index in [9.17, 15) is 33.9 Å². The van der Waals surface area contributed by atoms with E-state index in [0.29, 0.717) is 5.57 Å². The van der Waals surface area contributed by atoms with Crippen molar-refractivity contribution < 1.29 is 29.1 Å². The van der Waals surface area contributed by atoms with Crippen molar-refractivity contribution in [3.63, 3.8) is 0 Å². The maximum atomic E-state index is 12.7. The summed E-state index contributed by atoms with van der Waals surface area (Å²) in [7, 11) is 2.60. The zero-order chi connectivity index (χ0) is 25.2. The van der Waals surface area contributed by atoms with Crippen LogP contribution in [0.3, 0.4) is 0 Å². The maximum Gasteiger partial charge on any atom is 0.352 e. The van der Waals surface area contributed by atoms with Crippen LogP contribution in [-0.2, 0) is 31.1 Å². The molecule has 34 heavy (non-hydrogen) atoms. The number of aliphatic carboxylic acids is 1. The van der Waals surface area contributed by atoms with Crippen molar-refractivity contribution in [2.45, 2.75) is 16.6 Å². The number of alkyl halides is 1. The Morgan fingerprint density at radius 3 is 2.71 bits per heavy atom. The minimum Gasteiger partial charge on any atom is -0.477 e. The molecule has 1 aromatic heterocycles. The minimum atomic E-state index is -1.35. The number of carbonyl (C=O) groups is 4. The number of nitrogens with zero attached hydrogens (tertiary/aromatic N) is 4. The highest BCUT2D eigenvalue weighted by Crippen LogP contribution is 2.41. The molecule has 0 aliphatic carbocycles. The fourth-order valence-electron chi connectivity index (χ4n) is 3.12. The van der Waals surface area contributed by atoms with Crippen molar-refractivity contribution in [2.75, 3.05) is 24.5 Å². The van der Waals surface area contributed by atoms with Gasteiger partial charge in [-0.1, -0.05) is 16.9 Å². The molecular formula is C17H17ClN6O8S2. The summed E-state index contributed by atoms with van der Waals surface area (Å²) in [5.74, 6) is -4.07. The molecule has 1 unspecified atom stereocenters. The van der Waals surface area contributed by atoms with Crippen molar-refractivity contribution in [3.8, 4) is 0 Å². The van der Waals surface area contributed by atoms with Crippen LogP contribution in [0.1, 0.15) is 0 Å². The third-order valence-corrected chi connectivity index (χ3v) is 7.34. The summed E-state index contributed by atoms with van der Waals surface area (Å²) in [6.07, 6.45) is 0. The molecule has 2 amide bonds. The summed E-state index contributed by atoms with van der Waals surface area (Å²) in [6.45, 7) is 0. The van der Waals surface area contributed by atoms with Gasteiger partial charge in [-0.05, 0) is 5.57 Å². The van der Waals surface area contributed by atoms with E-state index in [1.807, 2.05) is 0 Å². The molecule has 2 atom stereocenters. The van der Waals surface area contributed by atoms with Gasteiger partial charge in [-0.2, -0.15) is 4.98 Å². The number of aromatic amines is 1. The van der Waals surface area contributed by atoms with Gasteiger partial charge in [0.15, 0.2) is 5.16 Å². The van der Waals surface area contributed by atoms with Crippen molar-refractivity contribution in [3.05, 3.63) is 32.0 Å². The first-order valence-electron chi connectivity index (χ1n) is 9.32. The molecule has 0 radical (unpaired) electrons. The summed E-state index contributed by atoms with van der Waals surface area (Å²) in [5, 5.41) is 17.2. The number of carboxylic acid groups (broad SMARTS) is 1. The second-order valence-electron chi connectivity index (χ2n) is 6.79. The zero-order valence-corrected chi connectivity index (χ0v) is 20.0. The van der Waals surface area contributed by atoms with Crippen LogP contribution in [0.25, 0.3) is 0 Å². The Bertz CT molecular complexity index is 1240. The molecule has 1 saturated heterocycles. The fraction of sp³-hybridized carbons (Fsp3) is 0.412. The molecular weight excluding hydrogens is 516 g/mol. The van der Waals surface area contributed by atoms with Crippen LogP contribution in [0.5, 0.6) is 0 Å². The normalized spacial score (nSPS) is 19.9. The van der Waals surface area contributed by atoms with E-state index in [-0.39, 0.29) is 22.4 Å². The molecule has 3 heterocycles. The summed E-state index contributed by atoms with van der Waals surface area (Å²) in [6, 6.07) is -1.09. The van der Waals surface area contributed by atoms with Crippen molar-refractivity contribution in [1.29, 1.82) is 0 Å². The van der Waals surface area contributed by atoms with Crippen LogP contribution in [0, 0.1) is 0 Å². The van der Waals surface area contributed by atoms with Gasteiger partial charge in [0.1, 0.15) is 24.2 Å². The number of nitrogens with one attached hydrogen (secondary N) is 2. The number of halogens is 1. The van der Waals surface area contributed by atoms with Crippen LogP contribution >= 0.6 is 35.1 Å². The quantitative estimate of drug-likeness (QED) is 0.0612. The molecule has 17 heteroatoms. The topological polar surface area (TPSA) is 193 Å². The summed E-state index contributed by atoms with van der Waals surface area (Å²) in [4.78, 5) is 80.9. The lowest BCUT2D eigenvalue weighted by Gasteiger charge is -2.49. The molecule has 0 aromatic carbocycles. The van der Waals surface area contributed by atoms with Gasteiger partial charge in [-0.25, -0.2) is 4.79 Å². The lowest BCUT2D eigenvalue weighted by Crippen LogP contribution is -2.71. The van der Waals surface area contributed by atoms with E-state index < -0.39 is 57.7 Å². The molecule has 3 rings (SSSR count). The first kappa shape index (κ1) is 25.5. The van der Waals surface area contributed by atoms with Crippen molar-refractivity contribution >= 4 is 64.4 Å². The Balaban J connectivity index is 1.78. The van der Waals surface area contributed by atoms with E-state index in [2.05, 4.69) is 25.4 Å².